The lowest BCUT2D eigenvalue weighted by Crippen LogP contribution is -2.00. The molecule has 0 spiro atoms. The lowest BCUT2D eigenvalue weighted by Gasteiger charge is -2.11. The highest BCUT2D eigenvalue weighted by Crippen LogP contribution is 2.32. The van der Waals surface area contributed by atoms with E-state index in [1.165, 1.54) is 0 Å². The van der Waals surface area contributed by atoms with E-state index in [0.29, 0.717) is 26.4 Å². The van der Waals surface area contributed by atoms with Gasteiger partial charge in [0.1, 0.15) is 5.69 Å². The van der Waals surface area contributed by atoms with E-state index in [1.54, 1.807) is 35.0 Å². The largest absolute Gasteiger partial charge is 0.296 e. The van der Waals surface area contributed by atoms with Gasteiger partial charge in [0.2, 0.25) is 0 Å². The fourth-order valence-electron chi connectivity index (χ4n) is 2.40. The molecule has 0 unspecified atom stereocenters. The summed E-state index contributed by atoms with van der Waals surface area (Å²) in [7, 11) is 0. The number of nitrogens with zero attached hydrogens (tertiary/aromatic N) is 2. The molecule has 0 aliphatic heterocycles. The molecule has 0 aliphatic carbocycles. The summed E-state index contributed by atoms with van der Waals surface area (Å²) in [6, 6.07) is 12.5. The smallest absolute Gasteiger partial charge is 0.170 e. The van der Waals surface area contributed by atoms with Crippen LogP contribution < -0.4 is 0 Å². The highest BCUT2D eigenvalue weighted by atomic mass is 35.5. The Morgan fingerprint density at radius 1 is 1.00 bits per heavy atom. The maximum Gasteiger partial charge on any atom is 0.170 e. The number of aldehydes is 1. The second-order valence-corrected chi connectivity index (χ2v) is 6.27. The highest BCUT2D eigenvalue weighted by Gasteiger charge is 2.18. The van der Waals surface area contributed by atoms with Crippen molar-refractivity contribution in [3.05, 3.63) is 68.8 Å². The van der Waals surface area contributed by atoms with Gasteiger partial charge in [-0.05, 0) is 37.3 Å². The van der Waals surface area contributed by atoms with Gasteiger partial charge in [0, 0.05) is 21.2 Å². The Hall–Kier alpha value is -1.81. The van der Waals surface area contributed by atoms with Gasteiger partial charge in [0.25, 0.3) is 0 Å². The van der Waals surface area contributed by atoms with E-state index in [1.807, 2.05) is 19.1 Å². The predicted molar refractivity (Wildman–Crippen MR) is 94.2 cm³/mol. The van der Waals surface area contributed by atoms with Gasteiger partial charge in [0.05, 0.1) is 16.4 Å². The Morgan fingerprint density at radius 2 is 1.65 bits per heavy atom. The summed E-state index contributed by atoms with van der Waals surface area (Å²) in [5.41, 5.74) is 3.46. The van der Waals surface area contributed by atoms with Crippen molar-refractivity contribution >= 4 is 41.1 Å². The standard InChI is InChI=1S/C17H11Cl3N2O/c1-10-15(9-23)21-22(16-7-6-13(19)8-14(16)20)17(10)11-2-4-12(18)5-3-11/h2-9H,1H3. The zero-order valence-electron chi connectivity index (χ0n) is 12.1. The first kappa shape index (κ1) is 16.1. The zero-order valence-corrected chi connectivity index (χ0v) is 14.3. The van der Waals surface area contributed by atoms with Gasteiger partial charge in [0.15, 0.2) is 6.29 Å². The average molecular weight is 366 g/mol. The van der Waals surface area contributed by atoms with Crippen LogP contribution in [0.2, 0.25) is 15.1 Å². The first-order valence-electron chi connectivity index (χ1n) is 6.77. The van der Waals surface area contributed by atoms with Crippen LogP contribution >= 0.6 is 34.8 Å². The molecule has 0 fully saturated rings. The Bertz CT molecular complexity index is 886. The van der Waals surface area contributed by atoms with Crippen LogP contribution in [0.3, 0.4) is 0 Å². The molecule has 0 bridgehead atoms. The minimum absolute atomic E-state index is 0.362. The first-order valence-corrected chi connectivity index (χ1v) is 7.91. The molecule has 3 aromatic rings. The molecule has 23 heavy (non-hydrogen) atoms. The maximum absolute atomic E-state index is 11.3. The normalized spacial score (nSPS) is 10.8. The van der Waals surface area contributed by atoms with E-state index >= 15 is 0 Å². The lowest BCUT2D eigenvalue weighted by molar-refractivity contribution is 0.111. The van der Waals surface area contributed by atoms with Crippen molar-refractivity contribution in [2.45, 2.75) is 6.92 Å². The Labute approximate surface area is 148 Å². The van der Waals surface area contributed by atoms with Crippen LogP contribution in [0.25, 0.3) is 16.9 Å². The SMILES string of the molecule is Cc1c(C=O)nn(-c2ccc(Cl)cc2Cl)c1-c1ccc(Cl)cc1. The van der Waals surface area contributed by atoms with Gasteiger partial charge >= 0.3 is 0 Å². The Balaban J connectivity index is 2.28. The van der Waals surface area contributed by atoms with Gasteiger partial charge in [-0.15, -0.1) is 0 Å². The van der Waals surface area contributed by atoms with Crippen molar-refractivity contribution in [1.29, 1.82) is 0 Å². The summed E-state index contributed by atoms with van der Waals surface area (Å²) < 4.78 is 1.65. The molecule has 116 valence electrons. The molecule has 0 aliphatic rings. The number of carbonyl (C=O) groups is 1. The Morgan fingerprint density at radius 3 is 2.26 bits per heavy atom. The summed E-state index contributed by atoms with van der Waals surface area (Å²) in [5.74, 6) is 0. The van der Waals surface area contributed by atoms with Gasteiger partial charge < -0.3 is 0 Å². The molecular weight excluding hydrogens is 355 g/mol. The molecule has 0 N–H and O–H groups in total. The monoisotopic (exact) mass is 364 g/mol. The highest BCUT2D eigenvalue weighted by molar-refractivity contribution is 6.35. The third kappa shape index (κ3) is 3.00. The van der Waals surface area contributed by atoms with Crippen LogP contribution in [0, 0.1) is 6.92 Å². The molecule has 3 rings (SSSR count). The summed E-state index contributed by atoms with van der Waals surface area (Å²) in [6.45, 7) is 1.85. The van der Waals surface area contributed by atoms with Crippen LogP contribution in [0.1, 0.15) is 16.1 Å². The van der Waals surface area contributed by atoms with Crippen LogP contribution in [-0.2, 0) is 0 Å². The third-order valence-corrected chi connectivity index (χ3v) is 4.32. The number of benzene rings is 2. The maximum atomic E-state index is 11.3. The number of rotatable bonds is 3. The number of hydrogen-bond acceptors (Lipinski definition) is 2. The number of halogens is 3. The van der Waals surface area contributed by atoms with Crippen LogP contribution in [0.4, 0.5) is 0 Å². The molecule has 0 saturated heterocycles. The van der Waals surface area contributed by atoms with Crippen molar-refractivity contribution in [3.63, 3.8) is 0 Å². The molecular formula is C17H11Cl3N2O. The van der Waals surface area contributed by atoms with Crippen LogP contribution in [-0.4, -0.2) is 16.1 Å². The van der Waals surface area contributed by atoms with Crippen molar-refractivity contribution in [2.75, 3.05) is 0 Å². The summed E-state index contributed by atoms with van der Waals surface area (Å²) in [6.07, 6.45) is 0.731. The summed E-state index contributed by atoms with van der Waals surface area (Å²) in [4.78, 5) is 11.3. The average Bonchev–Trinajstić information content (AvgIpc) is 2.85. The van der Waals surface area contributed by atoms with E-state index in [4.69, 9.17) is 34.8 Å². The topological polar surface area (TPSA) is 34.9 Å². The molecule has 0 saturated carbocycles. The second-order valence-electron chi connectivity index (χ2n) is 4.99. The molecule has 6 heteroatoms. The second kappa shape index (κ2) is 6.36. The van der Waals surface area contributed by atoms with Crippen LogP contribution in [0.15, 0.2) is 42.5 Å². The summed E-state index contributed by atoms with van der Waals surface area (Å²) >= 11 is 18.2. The molecule has 2 aromatic carbocycles. The first-order chi connectivity index (χ1) is 11.0. The molecule has 3 nitrogen and oxygen atoms in total. The Kier molecular flexibility index (Phi) is 4.44. The van der Waals surface area contributed by atoms with Gasteiger partial charge in [-0.2, -0.15) is 5.10 Å². The fraction of sp³-hybridized carbons (Fsp3) is 0.0588. The molecule has 1 heterocycles. The lowest BCUT2D eigenvalue weighted by atomic mass is 10.1. The number of aromatic nitrogens is 2. The van der Waals surface area contributed by atoms with E-state index in [-0.39, 0.29) is 0 Å². The number of carbonyl (C=O) groups excluding carboxylic acids is 1. The molecule has 0 radical (unpaired) electrons. The van der Waals surface area contributed by atoms with E-state index in [9.17, 15) is 4.79 Å². The van der Waals surface area contributed by atoms with Crippen molar-refractivity contribution in [1.82, 2.24) is 9.78 Å². The van der Waals surface area contributed by atoms with E-state index in [2.05, 4.69) is 5.10 Å². The molecule has 0 atom stereocenters. The molecule has 0 amide bonds. The van der Waals surface area contributed by atoms with Crippen LogP contribution in [0.5, 0.6) is 0 Å². The van der Waals surface area contributed by atoms with Crippen molar-refractivity contribution in [3.8, 4) is 16.9 Å². The zero-order chi connectivity index (χ0) is 16.6. The van der Waals surface area contributed by atoms with E-state index in [0.717, 1.165) is 23.1 Å². The predicted octanol–water partition coefficient (Wildman–Crippen LogP) is 5.62. The fourth-order valence-corrected chi connectivity index (χ4v) is 3.01. The quantitative estimate of drug-likeness (QED) is 0.565. The van der Waals surface area contributed by atoms with E-state index < -0.39 is 0 Å². The third-order valence-electron chi connectivity index (χ3n) is 3.53. The van der Waals surface area contributed by atoms with Crippen molar-refractivity contribution < 1.29 is 4.79 Å². The minimum Gasteiger partial charge on any atom is -0.296 e. The number of hydrogen-bond donors (Lipinski definition) is 0. The van der Waals surface area contributed by atoms with Gasteiger partial charge in [-0.25, -0.2) is 4.68 Å². The van der Waals surface area contributed by atoms with Gasteiger partial charge in [-0.1, -0.05) is 46.9 Å². The minimum atomic E-state index is 0.362. The molecule has 1 aromatic heterocycles. The van der Waals surface area contributed by atoms with Crippen molar-refractivity contribution in [2.24, 2.45) is 0 Å². The summed E-state index contributed by atoms with van der Waals surface area (Å²) in [5, 5.41) is 6.00. The van der Waals surface area contributed by atoms with Gasteiger partial charge in [-0.3, -0.25) is 4.79 Å².